The maximum Gasteiger partial charge on any atom is 0.337 e. The van der Waals surface area contributed by atoms with Crippen LogP contribution >= 0.6 is 11.6 Å². The number of nitrogen functional groups attached to an aromatic ring is 1. The molecule has 3 N–H and O–H groups in total. The summed E-state index contributed by atoms with van der Waals surface area (Å²) in [5, 5.41) is 13.3. The van der Waals surface area contributed by atoms with Gasteiger partial charge in [-0.2, -0.15) is 5.10 Å². The van der Waals surface area contributed by atoms with E-state index in [9.17, 15) is 4.79 Å². The molecule has 0 bridgehead atoms. The standard InChI is InChI=1S/C10H8ClN3O2/c11-6-4-13-14(5-6)7-1-2-8(10(15)16)9(12)3-7/h1-5H,12H2,(H,15,16). The second-order valence-corrected chi connectivity index (χ2v) is 3.62. The first kappa shape index (κ1) is 10.5. The number of hydrogen-bond donors (Lipinski definition) is 2. The predicted molar refractivity (Wildman–Crippen MR) is 59.9 cm³/mol. The van der Waals surface area contributed by atoms with E-state index in [1.807, 2.05) is 0 Å². The van der Waals surface area contributed by atoms with Gasteiger partial charge in [0.1, 0.15) is 0 Å². The van der Waals surface area contributed by atoms with Crippen LogP contribution in [0.2, 0.25) is 5.02 Å². The van der Waals surface area contributed by atoms with E-state index in [0.29, 0.717) is 10.7 Å². The number of carboxylic acids is 1. The number of aromatic nitrogens is 2. The molecule has 0 aliphatic heterocycles. The van der Waals surface area contributed by atoms with Crippen molar-refractivity contribution in [3.8, 4) is 5.69 Å². The Morgan fingerprint density at radius 1 is 1.50 bits per heavy atom. The Morgan fingerprint density at radius 3 is 2.75 bits per heavy atom. The third kappa shape index (κ3) is 1.85. The second-order valence-electron chi connectivity index (χ2n) is 3.18. The summed E-state index contributed by atoms with van der Waals surface area (Å²) in [6.45, 7) is 0. The molecule has 0 aliphatic rings. The molecule has 0 radical (unpaired) electrons. The highest BCUT2D eigenvalue weighted by Gasteiger charge is 2.09. The summed E-state index contributed by atoms with van der Waals surface area (Å²) in [6, 6.07) is 4.58. The van der Waals surface area contributed by atoms with Gasteiger partial charge in [-0.3, -0.25) is 0 Å². The molecular formula is C10H8ClN3O2. The summed E-state index contributed by atoms with van der Waals surface area (Å²) in [7, 11) is 0. The van der Waals surface area contributed by atoms with Crippen LogP contribution < -0.4 is 5.73 Å². The average Bonchev–Trinajstić information content (AvgIpc) is 2.64. The molecule has 82 valence electrons. The van der Waals surface area contributed by atoms with Gasteiger partial charge in [0.2, 0.25) is 0 Å². The number of benzene rings is 1. The van der Waals surface area contributed by atoms with Gasteiger partial charge < -0.3 is 10.8 Å². The van der Waals surface area contributed by atoms with Crippen LogP contribution in [0.1, 0.15) is 10.4 Å². The lowest BCUT2D eigenvalue weighted by Crippen LogP contribution is -2.04. The summed E-state index contributed by atoms with van der Waals surface area (Å²) in [4.78, 5) is 10.8. The minimum Gasteiger partial charge on any atom is -0.478 e. The largest absolute Gasteiger partial charge is 0.478 e. The van der Waals surface area contributed by atoms with Crippen molar-refractivity contribution >= 4 is 23.3 Å². The van der Waals surface area contributed by atoms with Crippen molar-refractivity contribution in [2.75, 3.05) is 5.73 Å². The van der Waals surface area contributed by atoms with E-state index in [4.69, 9.17) is 22.4 Å². The van der Waals surface area contributed by atoms with Gasteiger partial charge >= 0.3 is 5.97 Å². The number of carboxylic acid groups (broad SMARTS) is 1. The maximum atomic E-state index is 10.8. The summed E-state index contributed by atoms with van der Waals surface area (Å²) in [5.74, 6) is -1.05. The van der Waals surface area contributed by atoms with Crippen LogP contribution in [0.5, 0.6) is 0 Å². The van der Waals surface area contributed by atoms with Gasteiger partial charge in [-0.25, -0.2) is 9.48 Å². The van der Waals surface area contributed by atoms with E-state index in [-0.39, 0.29) is 11.3 Å². The lowest BCUT2D eigenvalue weighted by molar-refractivity contribution is 0.0698. The number of hydrogen-bond acceptors (Lipinski definition) is 3. The smallest absolute Gasteiger partial charge is 0.337 e. The van der Waals surface area contributed by atoms with Crippen LogP contribution in [-0.4, -0.2) is 20.9 Å². The summed E-state index contributed by atoms with van der Waals surface area (Å²) in [5.41, 5.74) is 6.54. The van der Waals surface area contributed by atoms with E-state index in [2.05, 4.69) is 5.10 Å². The van der Waals surface area contributed by atoms with Gasteiger partial charge in [0, 0.05) is 11.9 Å². The monoisotopic (exact) mass is 237 g/mol. The molecule has 0 fully saturated rings. The molecule has 2 rings (SSSR count). The van der Waals surface area contributed by atoms with Crippen molar-refractivity contribution in [3.63, 3.8) is 0 Å². The number of nitrogens with two attached hydrogens (primary N) is 1. The van der Waals surface area contributed by atoms with Gasteiger partial charge in [0.05, 0.1) is 22.5 Å². The average molecular weight is 238 g/mol. The molecular weight excluding hydrogens is 230 g/mol. The van der Waals surface area contributed by atoms with E-state index >= 15 is 0 Å². The van der Waals surface area contributed by atoms with E-state index < -0.39 is 5.97 Å². The summed E-state index contributed by atoms with van der Waals surface area (Å²) >= 11 is 5.72. The van der Waals surface area contributed by atoms with Gasteiger partial charge in [0.15, 0.2) is 0 Å². The van der Waals surface area contributed by atoms with Gasteiger partial charge in [-0.05, 0) is 18.2 Å². The first-order valence-corrected chi connectivity index (χ1v) is 4.79. The number of halogens is 1. The highest BCUT2D eigenvalue weighted by molar-refractivity contribution is 6.30. The minimum atomic E-state index is -1.05. The molecule has 6 heteroatoms. The molecule has 1 aromatic heterocycles. The highest BCUT2D eigenvalue weighted by atomic mass is 35.5. The Morgan fingerprint density at radius 2 is 2.25 bits per heavy atom. The van der Waals surface area contributed by atoms with Crippen molar-refractivity contribution < 1.29 is 9.90 Å². The number of anilines is 1. The molecule has 1 aromatic carbocycles. The number of aromatic carboxylic acids is 1. The predicted octanol–water partition coefficient (Wildman–Crippen LogP) is 1.81. The molecule has 16 heavy (non-hydrogen) atoms. The van der Waals surface area contributed by atoms with E-state index in [0.717, 1.165) is 0 Å². The Kier molecular flexibility index (Phi) is 2.54. The maximum absolute atomic E-state index is 10.8. The fourth-order valence-electron chi connectivity index (χ4n) is 1.33. The van der Waals surface area contributed by atoms with Crippen LogP contribution in [0.4, 0.5) is 5.69 Å². The SMILES string of the molecule is Nc1cc(-n2cc(Cl)cn2)ccc1C(=O)O. The van der Waals surface area contributed by atoms with Crippen LogP contribution in [0, 0.1) is 0 Å². The summed E-state index contributed by atoms with van der Waals surface area (Å²) < 4.78 is 1.52. The van der Waals surface area contributed by atoms with Crippen molar-refractivity contribution in [2.45, 2.75) is 0 Å². The fourth-order valence-corrected chi connectivity index (χ4v) is 1.47. The third-order valence-electron chi connectivity index (χ3n) is 2.08. The normalized spacial score (nSPS) is 10.3. The molecule has 5 nitrogen and oxygen atoms in total. The first-order valence-electron chi connectivity index (χ1n) is 4.41. The van der Waals surface area contributed by atoms with Crippen LogP contribution in [0.15, 0.2) is 30.6 Å². The Hall–Kier alpha value is -2.01. The number of nitrogens with zero attached hydrogens (tertiary/aromatic N) is 2. The summed E-state index contributed by atoms with van der Waals surface area (Å²) in [6.07, 6.45) is 3.10. The molecule has 2 aromatic rings. The number of carbonyl (C=O) groups is 1. The van der Waals surface area contributed by atoms with Gasteiger partial charge in [0.25, 0.3) is 0 Å². The molecule has 0 amide bonds. The first-order chi connectivity index (χ1) is 7.58. The fraction of sp³-hybridized carbons (Fsp3) is 0. The second kappa shape index (κ2) is 3.86. The molecule has 0 unspecified atom stereocenters. The highest BCUT2D eigenvalue weighted by Crippen LogP contribution is 2.18. The van der Waals surface area contributed by atoms with E-state index in [1.54, 1.807) is 12.3 Å². The molecule has 0 saturated carbocycles. The molecule has 0 atom stereocenters. The zero-order valence-electron chi connectivity index (χ0n) is 8.09. The lowest BCUT2D eigenvalue weighted by Gasteiger charge is -2.04. The third-order valence-corrected chi connectivity index (χ3v) is 2.28. The van der Waals surface area contributed by atoms with Crippen molar-refractivity contribution in [1.29, 1.82) is 0 Å². The Bertz CT molecular complexity index is 551. The van der Waals surface area contributed by atoms with Crippen LogP contribution in [-0.2, 0) is 0 Å². The topological polar surface area (TPSA) is 81.1 Å². The van der Waals surface area contributed by atoms with Crippen molar-refractivity contribution in [1.82, 2.24) is 9.78 Å². The molecule has 0 saturated heterocycles. The minimum absolute atomic E-state index is 0.0713. The van der Waals surface area contributed by atoms with Crippen molar-refractivity contribution in [2.24, 2.45) is 0 Å². The van der Waals surface area contributed by atoms with Crippen LogP contribution in [0.3, 0.4) is 0 Å². The van der Waals surface area contributed by atoms with E-state index in [1.165, 1.54) is 23.0 Å². The van der Waals surface area contributed by atoms with Crippen LogP contribution in [0.25, 0.3) is 5.69 Å². The molecule has 0 aliphatic carbocycles. The molecule has 1 heterocycles. The Balaban J connectivity index is 2.45. The zero-order chi connectivity index (χ0) is 11.7. The quantitative estimate of drug-likeness (QED) is 0.781. The zero-order valence-corrected chi connectivity index (χ0v) is 8.85. The Labute approximate surface area is 96.1 Å². The molecule has 0 spiro atoms. The van der Waals surface area contributed by atoms with Crippen molar-refractivity contribution in [3.05, 3.63) is 41.2 Å². The van der Waals surface area contributed by atoms with Gasteiger partial charge in [-0.15, -0.1) is 0 Å². The van der Waals surface area contributed by atoms with Gasteiger partial charge in [-0.1, -0.05) is 11.6 Å². The lowest BCUT2D eigenvalue weighted by atomic mass is 10.1. The number of rotatable bonds is 2.